The second kappa shape index (κ2) is 8.86. The Bertz CT molecular complexity index is 776. The molecule has 0 aliphatic carbocycles. The van der Waals surface area contributed by atoms with Crippen molar-refractivity contribution in [2.45, 2.75) is 19.9 Å². The van der Waals surface area contributed by atoms with Gasteiger partial charge in [0.2, 0.25) is 5.91 Å². The molecule has 2 aromatic carbocycles. The third-order valence-electron chi connectivity index (χ3n) is 4.88. The molecule has 0 spiro atoms. The lowest BCUT2D eigenvalue weighted by Crippen LogP contribution is -2.53. The van der Waals surface area contributed by atoms with E-state index in [4.69, 9.17) is 4.74 Å². The Morgan fingerprint density at radius 1 is 1.11 bits per heavy atom. The highest BCUT2D eigenvalue weighted by Gasteiger charge is 2.27. The first-order valence-electron chi connectivity index (χ1n) is 9.36. The average Bonchev–Trinajstić information content (AvgIpc) is 2.70. The summed E-state index contributed by atoms with van der Waals surface area (Å²) in [6.45, 7) is 7.59. The molecule has 3 rings (SSSR count). The zero-order chi connectivity index (χ0) is 19.2. The molecule has 5 nitrogen and oxygen atoms in total. The molecule has 1 aliphatic rings. The summed E-state index contributed by atoms with van der Waals surface area (Å²) in [7, 11) is 0. The first kappa shape index (κ1) is 19.2. The van der Waals surface area contributed by atoms with Crippen LogP contribution in [0.2, 0.25) is 0 Å². The summed E-state index contributed by atoms with van der Waals surface area (Å²) in [6, 6.07) is 13.9. The van der Waals surface area contributed by atoms with Crippen molar-refractivity contribution in [3.05, 3.63) is 54.3 Å². The van der Waals surface area contributed by atoms with Crippen LogP contribution in [-0.2, 0) is 4.79 Å². The van der Waals surface area contributed by atoms with E-state index in [9.17, 15) is 9.18 Å². The van der Waals surface area contributed by atoms with Crippen LogP contribution in [0.3, 0.4) is 0 Å². The van der Waals surface area contributed by atoms with Crippen LogP contribution in [0.4, 0.5) is 15.8 Å². The maximum atomic E-state index is 13.7. The average molecular weight is 371 g/mol. The van der Waals surface area contributed by atoms with Gasteiger partial charge in [-0.3, -0.25) is 9.69 Å². The fourth-order valence-electron chi connectivity index (χ4n) is 3.31. The van der Waals surface area contributed by atoms with Gasteiger partial charge in [-0.1, -0.05) is 24.3 Å². The minimum atomic E-state index is -0.421. The molecule has 2 aromatic rings. The molecule has 1 aliphatic heterocycles. The number of nitrogens with zero attached hydrogens (tertiary/aromatic N) is 2. The molecule has 1 atom stereocenters. The number of ether oxygens (including phenoxy) is 1. The molecule has 6 heteroatoms. The van der Waals surface area contributed by atoms with Crippen LogP contribution in [0.5, 0.6) is 5.75 Å². The van der Waals surface area contributed by atoms with Gasteiger partial charge in [0.05, 0.1) is 24.0 Å². The molecule has 0 radical (unpaired) electrons. The van der Waals surface area contributed by atoms with Gasteiger partial charge >= 0.3 is 0 Å². The van der Waals surface area contributed by atoms with E-state index < -0.39 is 5.82 Å². The summed E-state index contributed by atoms with van der Waals surface area (Å²) in [4.78, 5) is 16.9. The smallest absolute Gasteiger partial charge is 0.241 e. The number of piperazine rings is 1. The highest BCUT2D eigenvalue weighted by atomic mass is 19.1. The van der Waals surface area contributed by atoms with Crippen LogP contribution in [0.15, 0.2) is 48.5 Å². The zero-order valence-corrected chi connectivity index (χ0v) is 15.8. The number of carbonyl (C=O) groups is 1. The minimum Gasteiger partial charge on any atom is -0.492 e. The molecule has 27 heavy (non-hydrogen) atoms. The largest absolute Gasteiger partial charge is 0.492 e. The SMILES string of the molecule is CCOc1ccccc1N1CCN([C@H](C)C(=O)Nc2ccccc2F)CC1. The van der Waals surface area contributed by atoms with E-state index in [1.165, 1.54) is 6.07 Å². The number of hydrogen-bond donors (Lipinski definition) is 1. The summed E-state index contributed by atoms with van der Waals surface area (Å²) in [5.74, 6) is 0.275. The van der Waals surface area contributed by atoms with Gasteiger partial charge in [0, 0.05) is 26.2 Å². The second-order valence-corrected chi connectivity index (χ2v) is 6.57. The maximum Gasteiger partial charge on any atom is 0.241 e. The quantitative estimate of drug-likeness (QED) is 0.846. The van der Waals surface area contributed by atoms with E-state index in [1.807, 2.05) is 32.0 Å². The standard InChI is InChI=1S/C21H26FN3O2/c1-3-27-20-11-7-6-10-19(20)25-14-12-24(13-15-25)16(2)21(26)23-18-9-5-4-8-17(18)22/h4-11,16H,3,12-15H2,1-2H3,(H,23,26)/t16-/m1/s1. The Labute approximate surface area is 159 Å². The number of halogens is 1. The van der Waals surface area contributed by atoms with Crippen molar-refractivity contribution < 1.29 is 13.9 Å². The van der Waals surface area contributed by atoms with E-state index in [-0.39, 0.29) is 17.6 Å². The van der Waals surface area contributed by atoms with Crippen molar-refractivity contribution in [2.24, 2.45) is 0 Å². The Kier molecular flexibility index (Phi) is 6.29. The van der Waals surface area contributed by atoms with E-state index in [2.05, 4.69) is 21.2 Å². The van der Waals surface area contributed by atoms with Crippen LogP contribution >= 0.6 is 0 Å². The lowest BCUT2D eigenvalue weighted by molar-refractivity contribution is -0.120. The number of hydrogen-bond acceptors (Lipinski definition) is 4. The third kappa shape index (κ3) is 4.57. The Balaban J connectivity index is 1.59. The van der Waals surface area contributed by atoms with Gasteiger partial charge in [-0.15, -0.1) is 0 Å². The number of para-hydroxylation sites is 3. The van der Waals surface area contributed by atoms with Gasteiger partial charge in [-0.05, 0) is 38.1 Å². The van der Waals surface area contributed by atoms with Gasteiger partial charge < -0.3 is 15.0 Å². The van der Waals surface area contributed by atoms with E-state index in [0.29, 0.717) is 6.61 Å². The molecule has 0 unspecified atom stereocenters. The lowest BCUT2D eigenvalue weighted by atomic mass is 10.2. The fraction of sp³-hybridized carbons (Fsp3) is 0.381. The van der Waals surface area contributed by atoms with Crippen LogP contribution < -0.4 is 15.0 Å². The molecule has 1 amide bonds. The lowest BCUT2D eigenvalue weighted by Gasteiger charge is -2.39. The van der Waals surface area contributed by atoms with Crippen molar-refractivity contribution in [3.63, 3.8) is 0 Å². The highest BCUT2D eigenvalue weighted by Crippen LogP contribution is 2.29. The Morgan fingerprint density at radius 3 is 2.48 bits per heavy atom. The predicted octanol–water partition coefficient (Wildman–Crippen LogP) is 3.37. The Hall–Kier alpha value is -2.60. The van der Waals surface area contributed by atoms with Crippen LogP contribution in [0.25, 0.3) is 0 Å². The fourth-order valence-corrected chi connectivity index (χ4v) is 3.31. The first-order chi connectivity index (χ1) is 13.1. The molecule has 1 fully saturated rings. The van der Waals surface area contributed by atoms with Gasteiger partial charge in [-0.25, -0.2) is 4.39 Å². The zero-order valence-electron chi connectivity index (χ0n) is 15.8. The van der Waals surface area contributed by atoms with E-state index >= 15 is 0 Å². The van der Waals surface area contributed by atoms with Crippen molar-refractivity contribution in [3.8, 4) is 5.75 Å². The normalized spacial score (nSPS) is 16.0. The van der Waals surface area contributed by atoms with Crippen molar-refractivity contribution in [1.82, 2.24) is 4.90 Å². The molecule has 1 N–H and O–H groups in total. The number of nitrogens with one attached hydrogen (secondary N) is 1. The van der Waals surface area contributed by atoms with Gasteiger partial charge in [-0.2, -0.15) is 0 Å². The topological polar surface area (TPSA) is 44.8 Å². The van der Waals surface area contributed by atoms with Crippen LogP contribution in [0, 0.1) is 5.82 Å². The summed E-state index contributed by atoms with van der Waals surface area (Å²) < 4.78 is 19.5. The van der Waals surface area contributed by atoms with E-state index in [0.717, 1.165) is 37.6 Å². The molecular weight excluding hydrogens is 345 g/mol. The molecule has 0 bridgehead atoms. The molecular formula is C21H26FN3O2. The number of benzene rings is 2. The van der Waals surface area contributed by atoms with Crippen LogP contribution in [0.1, 0.15) is 13.8 Å². The molecule has 0 aromatic heterocycles. The van der Waals surface area contributed by atoms with Gasteiger partial charge in [0.1, 0.15) is 11.6 Å². The minimum absolute atomic E-state index is 0.191. The summed E-state index contributed by atoms with van der Waals surface area (Å²) >= 11 is 0. The van der Waals surface area contributed by atoms with Gasteiger partial charge in [0.15, 0.2) is 0 Å². The number of amides is 1. The summed E-state index contributed by atoms with van der Waals surface area (Å²) in [6.07, 6.45) is 0. The van der Waals surface area contributed by atoms with Crippen LogP contribution in [-0.4, -0.2) is 49.6 Å². The van der Waals surface area contributed by atoms with Crippen molar-refractivity contribution in [2.75, 3.05) is 43.0 Å². The first-order valence-corrected chi connectivity index (χ1v) is 9.36. The second-order valence-electron chi connectivity index (χ2n) is 6.57. The monoisotopic (exact) mass is 371 g/mol. The number of rotatable bonds is 6. The Morgan fingerprint density at radius 2 is 1.78 bits per heavy atom. The summed E-state index contributed by atoms with van der Waals surface area (Å²) in [5, 5.41) is 2.69. The predicted molar refractivity (Wildman–Crippen MR) is 106 cm³/mol. The molecule has 144 valence electrons. The van der Waals surface area contributed by atoms with Crippen molar-refractivity contribution >= 4 is 17.3 Å². The van der Waals surface area contributed by atoms with Gasteiger partial charge in [0.25, 0.3) is 0 Å². The highest BCUT2D eigenvalue weighted by molar-refractivity contribution is 5.94. The third-order valence-corrected chi connectivity index (χ3v) is 4.88. The molecule has 0 saturated carbocycles. The number of anilines is 2. The van der Waals surface area contributed by atoms with Crippen molar-refractivity contribution in [1.29, 1.82) is 0 Å². The molecule has 1 saturated heterocycles. The number of carbonyl (C=O) groups excluding carboxylic acids is 1. The summed E-state index contributed by atoms with van der Waals surface area (Å²) in [5.41, 5.74) is 1.31. The van der Waals surface area contributed by atoms with E-state index in [1.54, 1.807) is 18.2 Å². The maximum absolute atomic E-state index is 13.7. The molecule has 1 heterocycles.